The number of aliphatic hydroxyl groups is 2. The molecule has 1 atom stereocenters. The van der Waals surface area contributed by atoms with Crippen LogP contribution in [0, 0.1) is 0 Å². The van der Waals surface area contributed by atoms with E-state index in [1.807, 2.05) is 0 Å². The van der Waals surface area contributed by atoms with Crippen LogP contribution in [0.25, 0.3) is 0 Å². The van der Waals surface area contributed by atoms with Gasteiger partial charge in [-0.15, -0.1) is 6.58 Å². The number of hydrogen-bond donors (Lipinski definition) is 4. The van der Waals surface area contributed by atoms with Crippen LogP contribution in [-0.4, -0.2) is 45.1 Å². The summed E-state index contributed by atoms with van der Waals surface area (Å²) in [6.07, 6.45) is 3.34. The maximum absolute atomic E-state index is 9.00. The Bertz CT molecular complexity index is 182. The molecule has 17 heavy (non-hydrogen) atoms. The lowest BCUT2D eigenvalue weighted by Crippen LogP contribution is -2.04. The normalized spacial score (nSPS) is 9.88. The molecule has 0 fully saturated rings. The molecule has 0 aliphatic rings. The summed E-state index contributed by atoms with van der Waals surface area (Å²) < 4.78 is 0. The largest absolute Gasteiger partial charge is 0.481 e. The topological polar surface area (TPSA) is 115 Å². The molecule has 0 aromatic carbocycles. The number of rotatable bonds is 5. The van der Waals surface area contributed by atoms with E-state index in [0.29, 0.717) is 19.3 Å². The summed E-state index contributed by atoms with van der Waals surface area (Å²) in [4.78, 5) is 18.0. The molecular formula is C11H22O6. The fraction of sp³-hybridized carbons (Fsp3) is 0.636. The van der Waals surface area contributed by atoms with Crippen molar-refractivity contribution in [3.63, 3.8) is 0 Å². The average Bonchev–Trinajstić information content (AvgIpc) is 2.13. The molecule has 0 saturated carbocycles. The molecule has 0 aromatic rings. The van der Waals surface area contributed by atoms with E-state index >= 15 is 0 Å². The van der Waals surface area contributed by atoms with Gasteiger partial charge in [-0.1, -0.05) is 6.08 Å². The van der Waals surface area contributed by atoms with Crippen molar-refractivity contribution in [2.24, 2.45) is 0 Å². The van der Waals surface area contributed by atoms with Crippen LogP contribution >= 0.6 is 0 Å². The van der Waals surface area contributed by atoms with Crippen LogP contribution in [0.2, 0.25) is 0 Å². The van der Waals surface area contributed by atoms with Crippen LogP contribution in [0.5, 0.6) is 0 Å². The van der Waals surface area contributed by atoms with Gasteiger partial charge in [0.2, 0.25) is 0 Å². The Kier molecular flexibility index (Phi) is 21.0. The van der Waals surface area contributed by atoms with Crippen molar-refractivity contribution in [3.8, 4) is 0 Å². The van der Waals surface area contributed by atoms with Gasteiger partial charge in [0.1, 0.15) is 0 Å². The predicted octanol–water partition coefficient (Wildman–Crippen LogP) is 0.878. The number of aliphatic carboxylic acids is 2. The van der Waals surface area contributed by atoms with Crippen LogP contribution in [0.15, 0.2) is 12.7 Å². The molecule has 6 heteroatoms. The van der Waals surface area contributed by atoms with Gasteiger partial charge in [-0.25, -0.2) is 0 Å². The van der Waals surface area contributed by atoms with Gasteiger partial charge in [0.15, 0.2) is 0 Å². The summed E-state index contributed by atoms with van der Waals surface area (Å²) in [6.45, 7) is 5.81. The molecule has 0 rings (SSSR count). The maximum Gasteiger partial charge on any atom is 0.300 e. The van der Waals surface area contributed by atoms with E-state index in [4.69, 9.17) is 30.0 Å². The van der Waals surface area contributed by atoms with Crippen molar-refractivity contribution in [2.75, 3.05) is 6.61 Å². The van der Waals surface area contributed by atoms with Crippen molar-refractivity contribution >= 4 is 11.9 Å². The summed E-state index contributed by atoms with van der Waals surface area (Å²) in [7, 11) is 0. The lowest BCUT2D eigenvalue weighted by molar-refractivity contribution is -0.135. The molecule has 0 amide bonds. The number of aliphatic hydroxyl groups excluding tert-OH is 2. The van der Waals surface area contributed by atoms with Crippen molar-refractivity contribution in [3.05, 3.63) is 12.7 Å². The first kappa shape index (κ1) is 20.9. The summed E-state index contributed by atoms with van der Waals surface area (Å²) in [5.41, 5.74) is 0. The molecule has 0 aliphatic carbocycles. The van der Waals surface area contributed by atoms with E-state index in [-0.39, 0.29) is 12.7 Å². The monoisotopic (exact) mass is 250 g/mol. The molecule has 0 radical (unpaired) electrons. The van der Waals surface area contributed by atoms with Crippen LogP contribution in [0.3, 0.4) is 0 Å². The minimum absolute atomic E-state index is 0.161. The highest BCUT2D eigenvalue weighted by molar-refractivity contribution is 5.63. The summed E-state index contributed by atoms with van der Waals surface area (Å²) >= 11 is 0. The molecule has 0 bridgehead atoms. The highest BCUT2D eigenvalue weighted by Gasteiger charge is 1.98. The fourth-order valence-corrected chi connectivity index (χ4v) is 0.637. The average molecular weight is 250 g/mol. The molecule has 0 aliphatic heterocycles. The zero-order chi connectivity index (χ0) is 14.3. The Hall–Kier alpha value is -1.40. The lowest BCUT2D eigenvalue weighted by Gasteiger charge is -2.04. The Morgan fingerprint density at radius 3 is 1.82 bits per heavy atom. The number of carboxylic acid groups (broad SMARTS) is 2. The fourth-order valence-electron chi connectivity index (χ4n) is 0.637. The van der Waals surface area contributed by atoms with Gasteiger partial charge in [0.05, 0.1) is 6.10 Å². The first-order chi connectivity index (χ1) is 7.77. The van der Waals surface area contributed by atoms with Gasteiger partial charge in [0, 0.05) is 20.5 Å². The molecule has 0 aromatic heterocycles. The SMILES string of the molecule is C=CCC(O)CCCO.CC(=O)O.CC(=O)O. The molecule has 0 saturated heterocycles. The molecule has 0 heterocycles. The van der Waals surface area contributed by atoms with Crippen molar-refractivity contribution in [1.29, 1.82) is 0 Å². The zero-order valence-corrected chi connectivity index (χ0v) is 10.3. The Balaban J connectivity index is -0.000000205. The van der Waals surface area contributed by atoms with Gasteiger partial charge in [-0.2, -0.15) is 0 Å². The number of hydrogen-bond acceptors (Lipinski definition) is 4. The van der Waals surface area contributed by atoms with Gasteiger partial charge in [0.25, 0.3) is 11.9 Å². The quantitative estimate of drug-likeness (QED) is 0.538. The third-order valence-corrected chi connectivity index (χ3v) is 1.13. The van der Waals surface area contributed by atoms with Crippen LogP contribution < -0.4 is 0 Å². The summed E-state index contributed by atoms with van der Waals surface area (Å²) in [6, 6.07) is 0. The lowest BCUT2D eigenvalue weighted by atomic mass is 10.1. The predicted molar refractivity (Wildman–Crippen MR) is 63.8 cm³/mol. The standard InChI is InChI=1S/C7H14O2.2C2H4O2/c1-2-4-7(9)5-3-6-8;2*1-2(3)4/h2,7-9H,1,3-6H2;2*1H3,(H,3,4). The second-order valence-corrected chi connectivity index (χ2v) is 3.08. The van der Waals surface area contributed by atoms with Crippen LogP contribution in [0.1, 0.15) is 33.1 Å². The number of carbonyl (C=O) groups is 2. The van der Waals surface area contributed by atoms with E-state index in [9.17, 15) is 0 Å². The van der Waals surface area contributed by atoms with E-state index in [1.54, 1.807) is 6.08 Å². The Morgan fingerprint density at radius 2 is 1.59 bits per heavy atom. The van der Waals surface area contributed by atoms with Gasteiger partial charge < -0.3 is 20.4 Å². The molecule has 1 unspecified atom stereocenters. The minimum atomic E-state index is -0.833. The number of carboxylic acids is 2. The van der Waals surface area contributed by atoms with Crippen molar-refractivity contribution < 1.29 is 30.0 Å². The third kappa shape index (κ3) is 73.9. The van der Waals surface area contributed by atoms with Gasteiger partial charge in [-0.05, 0) is 19.3 Å². The van der Waals surface area contributed by atoms with E-state index in [2.05, 4.69) is 6.58 Å². The van der Waals surface area contributed by atoms with E-state index in [1.165, 1.54) is 0 Å². The molecular weight excluding hydrogens is 228 g/mol. The highest BCUT2D eigenvalue weighted by atomic mass is 16.4. The first-order valence-electron chi connectivity index (χ1n) is 5.06. The third-order valence-electron chi connectivity index (χ3n) is 1.13. The van der Waals surface area contributed by atoms with Gasteiger partial charge >= 0.3 is 0 Å². The smallest absolute Gasteiger partial charge is 0.300 e. The zero-order valence-electron chi connectivity index (χ0n) is 10.3. The summed E-state index contributed by atoms with van der Waals surface area (Å²) in [5, 5.41) is 32.2. The Morgan fingerprint density at radius 1 is 1.24 bits per heavy atom. The second kappa shape index (κ2) is 17.0. The highest BCUT2D eigenvalue weighted by Crippen LogP contribution is 2.00. The second-order valence-electron chi connectivity index (χ2n) is 3.08. The van der Waals surface area contributed by atoms with Crippen LogP contribution in [-0.2, 0) is 9.59 Å². The molecule has 6 nitrogen and oxygen atoms in total. The summed E-state index contributed by atoms with van der Waals surface area (Å²) in [5.74, 6) is -1.67. The van der Waals surface area contributed by atoms with E-state index in [0.717, 1.165) is 13.8 Å². The molecule has 0 spiro atoms. The minimum Gasteiger partial charge on any atom is -0.481 e. The van der Waals surface area contributed by atoms with Crippen LogP contribution in [0.4, 0.5) is 0 Å². The Labute approximate surface area is 101 Å². The molecule has 102 valence electrons. The maximum atomic E-state index is 9.00. The van der Waals surface area contributed by atoms with Crippen molar-refractivity contribution in [1.82, 2.24) is 0 Å². The van der Waals surface area contributed by atoms with Crippen molar-refractivity contribution in [2.45, 2.75) is 39.2 Å². The first-order valence-corrected chi connectivity index (χ1v) is 5.06. The molecule has 4 N–H and O–H groups in total. The van der Waals surface area contributed by atoms with Gasteiger partial charge in [-0.3, -0.25) is 9.59 Å². The van der Waals surface area contributed by atoms with E-state index < -0.39 is 11.9 Å².